The van der Waals surface area contributed by atoms with Crippen LogP contribution >= 0.6 is 11.6 Å². The van der Waals surface area contributed by atoms with Crippen molar-refractivity contribution in [3.8, 4) is 0 Å². The normalized spacial score (nSPS) is 10.5. The Balaban J connectivity index is 1.55. The lowest BCUT2D eigenvalue weighted by molar-refractivity contribution is 0.0746. The van der Waals surface area contributed by atoms with Crippen molar-refractivity contribution >= 4 is 23.2 Å². The minimum absolute atomic E-state index is 0.0585. The standard InChI is InChI=1S/C23H24ClN3O/c1-2-27(17-19-7-4-3-5-8-19)23(28)22-12-11-21(16-26-22)25-14-13-18-9-6-10-20(24)15-18/h3-12,15-16,25H,2,13-14,17H2,1H3. The number of hydrogen-bond acceptors (Lipinski definition) is 3. The highest BCUT2D eigenvalue weighted by atomic mass is 35.5. The summed E-state index contributed by atoms with van der Waals surface area (Å²) in [7, 11) is 0. The van der Waals surface area contributed by atoms with Crippen molar-refractivity contribution in [1.82, 2.24) is 9.88 Å². The molecule has 0 saturated carbocycles. The van der Waals surface area contributed by atoms with Crippen molar-refractivity contribution < 1.29 is 4.79 Å². The molecule has 28 heavy (non-hydrogen) atoms. The number of halogens is 1. The zero-order chi connectivity index (χ0) is 19.8. The van der Waals surface area contributed by atoms with E-state index in [1.807, 2.05) is 61.5 Å². The number of hydrogen-bond donors (Lipinski definition) is 1. The molecule has 4 nitrogen and oxygen atoms in total. The van der Waals surface area contributed by atoms with Crippen LogP contribution in [0.3, 0.4) is 0 Å². The number of anilines is 1. The maximum absolute atomic E-state index is 12.8. The molecule has 0 atom stereocenters. The number of nitrogens with zero attached hydrogens (tertiary/aromatic N) is 2. The van der Waals surface area contributed by atoms with Crippen LogP contribution in [0.5, 0.6) is 0 Å². The smallest absolute Gasteiger partial charge is 0.272 e. The minimum Gasteiger partial charge on any atom is -0.383 e. The number of carbonyl (C=O) groups excluding carboxylic acids is 1. The van der Waals surface area contributed by atoms with Gasteiger partial charge in [-0.2, -0.15) is 0 Å². The minimum atomic E-state index is -0.0585. The SMILES string of the molecule is CCN(Cc1ccccc1)C(=O)c1ccc(NCCc2cccc(Cl)c2)cn1. The van der Waals surface area contributed by atoms with E-state index in [-0.39, 0.29) is 5.91 Å². The van der Waals surface area contributed by atoms with E-state index in [0.29, 0.717) is 18.8 Å². The van der Waals surface area contributed by atoms with Gasteiger partial charge in [-0.1, -0.05) is 54.1 Å². The van der Waals surface area contributed by atoms with Gasteiger partial charge in [-0.15, -0.1) is 0 Å². The van der Waals surface area contributed by atoms with Crippen molar-refractivity contribution in [3.63, 3.8) is 0 Å². The molecule has 144 valence electrons. The molecule has 0 aliphatic heterocycles. The summed E-state index contributed by atoms with van der Waals surface area (Å²) in [6.07, 6.45) is 2.57. The Hall–Kier alpha value is -2.85. The number of carbonyl (C=O) groups is 1. The molecule has 0 unspecified atom stereocenters. The lowest BCUT2D eigenvalue weighted by Crippen LogP contribution is -2.30. The second-order valence-electron chi connectivity index (χ2n) is 6.54. The predicted molar refractivity (Wildman–Crippen MR) is 115 cm³/mol. The number of amides is 1. The fourth-order valence-corrected chi connectivity index (χ4v) is 3.17. The molecule has 1 aromatic heterocycles. The van der Waals surface area contributed by atoms with Gasteiger partial charge in [0.15, 0.2) is 0 Å². The average molecular weight is 394 g/mol. The first kappa shape index (κ1) is 19.9. The first-order valence-electron chi connectivity index (χ1n) is 9.43. The van der Waals surface area contributed by atoms with E-state index >= 15 is 0 Å². The Morgan fingerprint density at radius 1 is 1.04 bits per heavy atom. The second kappa shape index (κ2) is 9.90. The molecule has 3 aromatic rings. The van der Waals surface area contributed by atoms with E-state index in [0.717, 1.165) is 29.2 Å². The summed E-state index contributed by atoms with van der Waals surface area (Å²) >= 11 is 6.01. The van der Waals surface area contributed by atoms with Gasteiger partial charge in [0.1, 0.15) is 5.69 Å². The van der Waals surface area contributed by atoms with Crippen LogP contribution in [0.1, 0.15) is 28.5 Å². The summed E-state index contributed by atoms with van der Waals surface area (Å²) in [5.41, 5.74) is 3.64. The molecular formula is C23H24ClN3O. The van der Waals surface area contributed by atoms with Crippen LogP contribution in [0.15, 0.2) is 72.9 Å². The summed E-state index contributed by atoms with van der Waals surface area (Å²) in [5, 5.41) is 4.08. The molecule has 0 radical (unpaired) electrons. The Morgan fingerprint density at radius 2 is 1.82 bits per heavy atom. The molecule has 1 heterocycles. The maximum Gasteiger partial charge on any atom is 0.272 e. The van der Waals surface area contributed by atoms with Crippen molar-refractivity contribution in [2.75, 3.05) is 18.4 Å². The number of aromatic nitrogens is 1. The molecule has 2 aromatic carbocycles. The summed E-state index contributed by atoms with van der Waals surface area (Å²) in [4.78, 5) is 18.9. The van der Waals surface area contributed by atoms with Crippen molar-refractivity contribution in [1.29, 1.82) is 0 Å². The highest BCUT2D eigenvalue weighted by Gasteiger charge is 2.15. The first-order valence-corrected chi connectivity index (χ1v) is 9.81. The molecule has 3 rings (SSSR count). The predicted octanol–water partition coefficient (Wildman–Crippen LogP) is 5.05. The fraction of sp³-hybridized carbons (Fsp3) is 0.217. The van der Waals surface area contributed by atoms with Gasteiger partial charge in [0.25, 0.3) is 5.91 Å². The second-order valence-corrected chi connectivity index (χ2v) is 6.98. The van der Waals surface area contributed by atoms with Crippen molar-refractivity contribution in [2.45, 2.75) is 19.9 Å². The third kappa shape index (κ3) is 5.57. The van der Waals surface area contributed by atoms with Crippen molar-refractivity contribution in [3.05, 3.63) is 94.8 Å². The third-order valence-corrected chi connectivity index (χ3v) is 4.73. The lowest BCUT2D eigenvalue weighted by Gasteiger charge is -2.20. The molecule has 0 bridgehead atoms. The van der Waals surface area contributed by atoms with E-state index in [1.165, 1.54) is 5.56 Å². The maximum atomic E-state index is 12.8. The van der Waals surface area contributed by atoms with Crippen LogP contribution in [0.4, 0.5) is 5.69 Å². The molecule has 0 saturated heterocycles. The quantitative estimate of drug-likeness (QED) is 0.582. The molecule has 0 fully saturated rings. The van der Waals surface area contributed by atoms with Crippen LogP contribution in [0, 0.1) is 0 Å². The van der Waals surface area contributed by atoms with Gasteiger partial charge in [-0.25, -0.2) is 4.98 Å². The summed E-state index contributed by atoms with van der Waals surface area (Å²) < 4.78 is 0. The lowest BCUT2D eigenvalue weighted by atomic mass is 10.1. The van der Waals surface area contributed by atoms with Crippen LogP contribution in [0.2, 0.25) is 5.02 Å². The van der Waals surface area contributed by atoms with E-state index in [9.17, 15) is 4.79 Å². The van der Waals surface area contributed by atoms with Crippen LogP contribution in [-0.4, -0.2) is 28.9 Å². The highest BCUT2D eigenvalue weighted by molar-refractivity contribution is 6.30. The van der Waals surface area contributed by atoms with Gasteiger partial charge in [0, 0.05) is 24.7 Å². The molecule has 0 aliphatic carbocycles. The Bertz CT molecular complexity index is 897. The fourth-order valence-electron chi connectivity index (χ4n) is 2.96. The van der Waals surface area contributed by atoms with Crippen molar-refractivity contribution in [2.24, 2.45) is 0 Å². The highest BCUT2D eigenvalue weighted by Crippen LogP contribution is 2.13. The Labute approximate surface area is 171 Å². The van der Waals surface area contributed by atoms with E-state index in [2.05, 4.69) is 16.4 Å². The molecule has 0 aliphatic rings. The average Bonchev–Trinajstić information content (AvgIpc) is 2.73. The van der Waals surface area contributed by atoms with Gasteiger partial charge in [0.05, 0.1) is 11.9 Å². The summed E-state index contributed by atoms with van der Waals surface area (Å²) in [5.74, 6) is -0.0585. The molecule has 1 amide bonds. The number of rotatable bonds is 8. The third-order valence-electron chi connectivity index (χ3n) is 4.50. The van der Waals surface area contributed by atoms with Gasteiger partial charge in [-0.3, -0.25) is 4.79 Å². The van der Waals surface area contributed by atoms with E-state index < -0.39 is 0 Å². The molecule has 5 heteroatoms. The first-order chi connectivity index (χ1) is 13.7. The van der Waals surface area contributed by atoms with Gasteiger partial charge in [-0.05, 0) is 48.7 Å². The van der Waals surface area contributed by atoms with E-state index in [4.69, 9.17) is 11.6 Å². The number of nitrogens with one attached hydrogen (secondary N) is 1. The topological polar surface area (TPSA) is 45.2 Å². The Morgan fingerprint density at radius 3 is 2.50 bits per heavy atom. The van der Waals surface area contributed by atoms with Gasteiger partial charge < -0.3 is 10.2 Å². The zero-order valence-electron chi connectivity index (χ0n) is 15.9. The number of benzene rings is 2. The molecular weight excluding hydrogens is 370 g/mol. The zero-order valence-corrected chi connectivity index (χ0v) is 16.7. The summed E-state index contributed by atoms with van der Waals surface area (Å²) in [6, 6.07) is 21.5. The largest absolute Gasteiger partial charge is 0.383 e. The van der Waals surface area contributed by atoms with Gasteiger partial charge >= 0.3 is 0 Å². The summed E-state index contributed by atoms with van der Waals surface area (Å²) in [6.45, 7) is 3.96. The van der Waals surface area contributed by atoms with Gasteiger partial charge in [0.2, 0.25) is 0 Å². The monoisotopic (exact) mass is 393 g/mol. The van der Waals surface area contributed by atoms with Crippen LogP contribution in [0.25, 0.3) is 0 Å². The number of pyridine rings is 1. The molecule has 0 spiro atoms. The Kier molecular flexibility index (Phi) is 7.04. The van der Waals surface area contributed by atoms with Crippen LogP contribution in [-0.2, 0) is 13.0 Å². The molecule has 1 N–H and O–H groups in total. The van der Waals surface area contributed by atoms with Crippen LogP contribution < -0.4 is 5.32 Å². The van der Waals surface area contributed by atoms with E-state index in [1.54, 1.807) is 17.2 Å².